The van der Waals surface area contributed by atoms with E-state index in [0.29, 0.717) is 0 Å². The van der Waals surface area contributed by atoms with Gasteiger partial charge in [0, 0.05) is 28.6 Å². The standard InChI is InChI=1S/C10H17NS2/c1-3-12-7-6-11-8-10-5-4-9(2)13-10/h4-5,11H,3,6-8H2,1-2H3. The van der Waals surface area contributed by atoms with Crippen molar-refractivity contribution in [2.45, 2.75) is 20.4 Å². The Kier molecular flexibility index (Phi) is 5.51. The molecule has 1 heterocycles. The maximum atomic E-state index is 3.44. The van der Waals surface area contributed by atoms with Crippen molar-refractivity contribution in [3.05, 3.63) is 21.9 Å². The van der Waals surface area contributed by atoms with Crippen LogP contribution in [0.25, 0.3) is 0 Å². The lowest BCUT2D eigenvalue weighted by atomic mass is 10.4. The second-order valence-corrected chi connectivity index (χ2v) is 5.65. The molecule has 0 aliphatic rings. The molecule has 0 unspecified atom stereocenters. The van der Waals surface area contributed by atoms with Crippen LogP contribution in [0, 0.1) is 6.92 Å². The molecular weight excluding hydrogens is 198 g/mol. The normalized spacial score (nSPS) is 10.6. The largest absolute Gasteiger partial charge is 0.311 e. The second kappa shape index (κ2) is 6.46. The number of hydrogen-bond donors (Lipinski definition) is 1. The molecule has 0 radical (unpaired) electrons. The van der Waals surface area contributed by atoms with Gasteiger partial charge in [0.15, 0.2) is 0 Å². The van der Waals surface area contributed by atoms with E-state index >= 15 is 0 Å². The lowest BCUT2D eigenvalue weighted by Gasteiger charge is -2.01. The van der Waals surface area contributed by atoms with E-state index < -0.39 is 0 Å². The molecule has 13 heavy (non-hydrogen) atoms. The monoisotopic (exact) mass is 215 g/mol. The van der Waals surface area contributed by atoms with Gasteiger partial charge in [0.05, 0.1) is 0 Å². The number of aryl methyl sites for hydroxylation is 1. The molecule has 0 aliphatic carbocycles. The number of thiophene rings is 1. The van der Waals surface area contributed by atoms with Crippen LogP contribution in [0.5, 0.6) is 0 Å². The summed E-state index contributed by atoms with van der Waals surface area (Å²) in [6, 6.07) is 4.39. The maximum Gasteiger partial charge on any atom is 0.0300 e. The molecule has 0 aromatic carbocycles. The molecule has 1 rings (SSSR count). The van der Waals surface area contributed by atoms with Crippen LogP contribution in [0.3, 0.4) is 0 Å². The SMILES string of the molecule is CCSCCNCc1ccc(C)s1. The van der Waals surface area contributed by atoms with E-state index in [2.05, 4.69) is 31.3 Å². The van der Waals surface area contributed by atoms with E-state index in [-0.39, 0.29) is 0 Å². The highest BCUT2D eigenvalue weighted by Crippen LogP contribution is 2.14. The lowest BCUT2D eigenvalue weighted by molar-refractivity contribution is 0.741. The Labute approximate surface area is 88.9 Å². The summed E-state index contributed by atoms with van der Waals surface area (Å²) in [4.78, 5) is 2.85. The molecule has 0 fully saturated rings. The van der Waals surface area contributed by atoms with Gasteiger partial charge >= 0.3 is 0 Å². The van der Waals surface area contributed by atoms with E-state index in [1.54, 1.807) is 0 Å². The zero-order chi connectivity index (χ0) is 9.52. The van der Waals surface area contributed by atoms with Crippen molar-refractivity contribution in [2.75, 3.05) is 18.1 Å². The van der Waals surface area contributed by atoms with Gasteiger partial charge in [0.25, 0.3) is 0 Å². The number of nitrogens with one attached hydrogen (secondary N) is 1. The van der Waals surface area contributed by atoms with Crippen molar-refractivity contribution >= 4 is 23.1 Å². The fourth-order valence-electron chi connectivity index (χ4n) is 1.08. The van der Waals surface area contributed by atoms with Gasteiger partial charge in [-0.2, -0.15) is 11.8 Å². The molecule has 0 bridgehead atoms. The molecule has 1 nitrogen and oxygen atoms in total. The Morgan fingerprint density at radius 2 is 2.31 bits per heavy atom. The number of hydrogen-bond acceptors (Lipinski definition) is 3. The highest BCUT2D eigenvalue weighted by atomic mass is 32.2. The van der Waals surface area contributed by atoms with Crippen LogP contribution in [0.2, 0.25) is 0 Å². The van der Waals surface area contributed by atoms with Gasteiger partial charge in [-0.05, 0) is 24.8 Å². The summed E-state index contributed by atoms with van der Waals surface area (Å²) in [6.07, 6.45) is 0. The van der Waals surface area contributed by atoms with Crippen LogP contribution in [0.1, 0.15) is 16.7 Å². The van der Waals surface area contributed by atoms with Crippen molar-refractivity contribution < 1.29 is 0 Å². The summed E-state index contributed by atoms with van der Waals surface area (Å²) in [5.74, 6) is 2.45. The van der Waals surface area contributed by atoms with Gasteiger partial charge in [-0.1, -0.05) is 6.92 Å². The second-order valence-electron chi connectivity index (χ2n) is 2.89. The Balaban J connectivity index is 2.06. The molecule has 74 valence electrons. The average Bonchev–Trinajstić information content (AvgIpc) is 2.51. The van der Waals surface area contributed by atoms with Crippen molar-refractivity contribution in [1.82, 2.24) is 5.32 Å². The fourth-order valence-corrected chi connectivity index (χ4v) is 2.52. The third-order valence-corrected chi connectivity index (χ3v) is 3.62. The molecule has 0 saturated carbocycles. The first-order valence-corrected chi connectivity index (χ1v) is 6.64. The first-order chi connectivity index (χ1) is 6.33. The van der Waals surface area contributed by atoms with Crippen LogP contribution in [-0.4, -0.2) is 18.1 Å². The zero-order valence-corrected chi connectivity index (χ0v) is 9.93. The van der Waals surface area contributed by atoms with Gasteiger partial charge in [-0.15, -0.1) is 11.3 Å². The Morgan fingerprint density at radius 1 is 1.46 bits per heavy atom. The minimum atomic E-state index is 1.03. The van der Waals surface area contributed by atoms with Crippen LogP contribution >= 0.6 is 23.1 Å². The Bertz CT molecular complexity index is 233. The molecule has 0 amide bonds. The molecule has 0 saturated heterocycles. The predicted molar refractivity (Wildman–Crippen MR) is 63.8 cm³/mol. The van der Waals surface area contributed by atoms with Crippen LogP contribution in [0.15, 0.2) is 12.1 Å². The van der Waals surface area contributed by atoms with Crippen molar-refractivity contribution in [2.24, 2.45) is 0 Å². The molecule has 3 heteroatoms. The molecule has 1 N–H and O–H groups in total. The van der Waals surface area contributed by atoms with E-state index in [9.17, 15) is 0 Å². The topological polar surface area (TPSA) is 12.0 Å². The summed E-state index contributed by atoms with van der Waals surface area (Å²) in [5.41, 5.74) is 0. The molecule has 0 atom stereocenters. The van der Waals surface area contributed by atoms with E-state index in [0.717, 1.165) is 13.1 Å². The van der Waals surface area contributed by atoms with Crippen LogP contribution in [-0.2, 0) is 6.54 Å². The third kappa shape index (κ3) is 4.69. The van der Waals surface area contributed by atoms with Crippen LogP contribution in [0.4, 0.5) is 0 Å². The van der Waals surface area contributed by atoms with Crippen molar-refractivity contribution in [3.63, 3.8) is 0 Å². The lowest BCUT2D eigenvalue weighted by Crippen LogP contribution is -2.15. The van der Waals surface area contributed by atoms with Crippen molar-refractivity contribution in [3.8, 4) is 0 Å². The van der Waals surface area contributed by atoms with Gasteiger partial charge in [-0.25, -0.2) is 0 Å². The van der Waals surface area contributed by atoms with Crippen molar-refractivity contribution in [1.29, 1.82) is 0 Å². The average molecular weight is 215 g/mol. The number of rotatable bonds is 6. The van der Waals surface area contributed by atoms with Gasteiger partial charge in [-0.3, -0.25) is 0 Å². The molecular formula is C10H17NS2. The summed E-state index contributed by atoms with van der Waals surface area (Å²) in [7, 11) is 0. The highest BCUT2D eigenvalue weighted by Gasteiger charge is 1.95. The summed E-state index contributed by atoms with van der Waals surface area (Å²) < 4.78 is 0. The first kappa shape index (κ1) is 11.1. The first-order valence-electron chi connectivity index (χ1n) is 4.66. The Hall–Kier alpha value is 0.01000. The van der Waals surface area contributed by atoms with Crippen LogP contribution < -0.4 is 5.32 Å². The minimum absolute atomic E-state index is 1.03. The van der Waals surface area contributed by atoms with Gasteiger partial charge in [0.2, 0.25) is 0 Å². The zero-order valence-electron chi connectivity index (χ0n) is 8.30. The number of thioether (sulfide) groups is 1. The Morgan fingerprint density at radius 3 is 2.92 bits per heavy atom. The summed E-state index contributed by atoms with van der Waals surface area (Å²) >= 11 is 3.87. The smallest absolute Gasteiger partial charge is 0.0300 e. The van der Waals surface area contributed by atoms with Gasteiger partial charge in [0.1, 0.15) is 0 Å². The molecule has 1 aromatic rings. The molecule has 0 aliphatic heterocycles. The molecule has 1 aromatic heterocycles. The fraction of sp³-hybridized carbons (Fsp3) is 0.600. The van der Waals surface area contributed by atoms with E-state index in [1.807, 2.05) is 23.1 Å². The third-order valence-electron chi connectivity index (χ3n) is 1.72. The summed E-state index contributed by atoms with van der Waals surface area (Å²) in [6.45, 7) is 6.51. The quantitative estimate of drug-likeness (QED) is 0.732. The molecule has 0 spiro atoms. The predicted octanol–water partition coefficient (Wildman–Crippen LogP) is 2.90. The van der Waals surface area contributed by atoms with E-state index in [1.165, 1.54) is 21.3 Å². The van der Waals surface area contributed by atoms with Gasteiger partial charge < -0.3 is 5.32 Å². The highest BCUT2D eigenvalue weighted by molar-refractivity contribution is 7.99. The summed E-state index contributed by atoms with van der Waals surface area (Å²) in [5, 5.41) is 3.44. The minimum Gasteiger partial charge on any atom is -0.311 e. The maximum absolute atomic E-state index is 3.44. The van der Waals surface area contributed by atoms with E-state index in [4.69, 9.17) is 0 Å².